The third-order valence-corrected chi connectivity index (χ3v) is 3.26. The average molecular weight is 349 g/mol. The Kier molecular flexibility index (Phi) is 4.94. The molecule has 1 amide bonds. The quantitative estimate of drug-likeness (QED) is 0.659. The van der Waals surface area contributed by atoms with E-state index < -0.39 is 0 Å². The summed E-state index contributed by atoms with van der Waals surface area (Å²) in [7, 11) is 1.47. The van der Waals surface area contributed by atoms with Crippen molar-refractivity contribution < 1.29 is 14.6 Å². The Hall–Kier alpha value is -2.34. The third-order valence-electron chi connectivity index (χ3n) is 2.67. The number of methoxy groups -OCH3 is 1. The summed E-state index contributed by atoms with van der Waals surface area (Å²) in [6.07, 6.45) is 1.44. The fraction of sp³-hybridized carbons (Fsp3) is 0.0667. The number of carbonyl (C=O) groups is 1. The molecule has 0 saturated heterocycles. The molecule has 0 aliphatic carbocycles. The maximum atomic E-state index is 11.8. The number of phenols is 1. The first-order valence-corrected chi connectivity index (χ1v) is 6.86. The Bertz CT molecular complexity index is 649. The highest BCUT2D eigenvalue weighted by molar-refractivity contribution is 9.10. The van der Waals surface area contributed by atoms with Gasteiger partial charge < -0.3 is 9.84 Å². The molecule has 0 radical (unpaired) electrons. The topological polar surface area (TPSA) is 70.9 Å². The Balaban J connectivity index is 2.07. The Labute approximate surface area is 130 Å². The van der Waals surface area contributed by atoms with Gasteiger partial charge in [-0.2, -0.15) is 5.10 Å². The molecule has 0 bridgehead atoms. The molecule has 0 heterocycles. The molecule has 0 atom stereocenters. The minimum absolute atomic E-state index is 0.0114. The van der Waals surface area contributed by atoms with Crippen molar-refractivity contribution in [1.82, 2.24) is 5.43 Å². The van der Waals surface area contributed by atoms with Gasteiger partial charge in [0.1, 0.15) is 0 Å². The summed E-state index contributed by atoms with van der Waals surface area (Å²) >= 11 is 3.28. The van der Waals surface area contributed by atoms with Crippen molar-refractivity contribution in [2.24, 2.45) is 5.10 Å². The molecule has 0 unspecified atom stereocenters. The number of amides is 1. The van der Waals surface area contributed by atoms with Gasteiger partial charge in [0.25, 0.3) is 5.91 Å². The second-order valence-corrected chi connectivity index (χ2v) is 4.97. The van der Waals surface area contributed by atoms with Gasteiger partial charge in [0.05, 0.1) is 17.8 Å². The number of nitrogens with zero attached hydrogens (tertiary/aromatic N) is 1. The minimum Gasteiger partial charge on any atom is -0.504 e. The van der Waals surface area contributed by atoms with Crippen molar-refractivity contribution in [3.63, 3.8) is 0 Å². The lowest BCUT2D eigenvalue weighted by Gasteiger charge is -2.06. The molecule has 0 spiro atoms. The number of ether oxygens (including phenoxy) is 1. The minimum atomic E-state index is -0.302. The van der Waals surface area contributed by atoms with E-state index in [0.29, 0.717) is 21.3 Å². The van der Waals surface area contributed by atoms with E-state index in [9.17, 15) is 9.90 Å². The Morgan fingerprint density at radius 3 is 2.67 bits per heavy atom. The molecule has 0 aliphatic heterocycles. The van der Waals surface area contributed by atoms with Crippen LogP contribution in [0.25, 0.3) is 0 Å². The van der Waals surface area contributed by atoms with Gasteiger partial charge in [0.15, 0.2) is 11.5 Å². The van der Waals surface area contributed by atoms with E-state index >= 15 is 0 Å². The summed E-state index contributed by atoms with van der Waals surface area (Å²) in [6.45, 7) is 0. The normalized spacial score (nSPS) is 10.6. The SMILES string of the molecule is COc1c(O)cc(/C=N/NC(=O)c2ccccc2)cc1Br. The first-order valence-electron chi connectivity index (χ1n) is 6.06. The highest BCUT2D eigenvalue weighted by Gasteiger charge is 2.08. The average Bonchev–Trinajstić information content (AvgIpc) is 2.48. The molecule has 2 N–H and O–H groups in total. The first-order chi connectivity index (χ1) is 10.1. The van der Waals surface area contributed by atoms with Gasteiger partial charge in [-0.15, -0.1) is 0 Å². The molecule has 0 saturated carbocycles. The maximum absolute atomic E-state index is 11.8. The van der Waals surface area contributed by atoms with Gasteiger partial charge in [-0.1, -0.05) is 18.2 Å². The lowest BCUT2D eigenvalue weighted by molar-refractivity contribution is 0.0955. The Morgan fingerprint density at radius 1 is 1.33 bits per heavy atom. The predicted molar refractivity (Wildman–Crippen MR) is 83.9 cm³/mol. The molecule has 2 rings (SSSR count). The van der Waals surface area contributed by atoms with Crippen LogP contribution in [0, 0.1) is 0 Å². The van der Waals surface area contributed by atoms with Gasteiger partial charge in [0, 0.05) is 5.56 Å². The van der Waals surface area contributed by atoms with Crippen LogP contribution in [-0.4, -0.2) is 24.3 Å². The van der Waals surface area contributed by atoms with Gasteiger partial charge in [0.2, 0.25) is 0 Å². The van der Waals surface area contributed by atoms with Crippen LogP contribution in [0.2, 0.25) is 0 Å². The van der Waals surface area contributed by atoms with E-state index in [1.54, 1.807) is 30.3 Å². The first kappa shape index (κ1) is 15.1. The summed E-state index contributed by atoms with van der Waals surface area (Å²) in [4.78, 5) is 11.8. The summed E-state index contributed by atoms with van der Waals surface area (Å²) in [5.74, 6) is 0.0341. The largest absolute Gasteiger partial charge is 0.504 e. The number of carbonyl (C=O) groups excluding carboxylic acids is 1. The van der Waals surface area contributed by atoms with Crippen LogP contribution in [0.4, 0.5) is 0 Å². The smallest absolute Gasteiger partial charge is 0.271 e. The molecular weight excluding hydrogens is 336 g/mol. The van der Waals surface area contributed by atoms with Crippen molar-refractivity contribution in [2.75, 3.05) is 7.11 Å². The van der Waals surface area contributed by atoms with Crippen LogP contribution in [0.1, 0.15) is 15.9 Å². The molecule has 2 aromatic carbocycles. The van der Waals surface area contributed by atoms with Gasteiger partial charge in [-0.25, -0.2) is 5.43 Å². The van der Waals surface area contributed by atoms with Gasteiger partial charge >= 0.3 is 0 Å². The summed E-state index contributed by atoms with van der Waals surface area (Å²) < 4.78 is 5.62. The van der Waals surface area contributed by atoms with E-state index in [4.69, 9.17) is 4.74 Å². The van der Waals surface area contributed by atoms with Crippen molar-refractivity contribution in [1.29, 1.82) is 0 Å². The number of hydrogen-bond acceptors (Lipinski definition) is 4. The number of hydrogen-bond donors (Lipinski definition) is 2. The lowest BCUT2D eigenvalue weighted by atomic mass is 10.2. The monoisotopic (exact) mass is 348 g/mol. The van der Waals surface area contributed by atoms with Crippen LogP contribution in [-0.2, 0) is 0 Å². The number of phenolic OH excluding ortho intramolecular Hbond substituents is 1. The zero-order valence-electron chi connectivity index (χ0n) is 11.2. The second kappa shape index (κ2) is 6.90. The summed E-state index contributed by atoms with van der Waals surface area (Å²) in [5, 5.41) is 13.6. The van der Waals surface area contributed by atoms with Crippen LogP contribution in [0.15, 0.2) is 52.0 Å². The number of nitrogens with one attached hydrogen (secondary N) is 1. The molecule has 21 heavy (non-hydrogen) atoms. The third kappa shape index (κ3) is 3.82. The standard InChI is InChI=1S/C15H13BrN2O3/c1-21-14-12(16)7-10(8-13(14)19)9-17-18-15(20)11-5-3-2-4-6-11/h2-9,19H,1H3,(H,18,20)/b17-9+. The molecule has 2 aromatic rings. The Morgan fingerprint density at radius 2 is 2.05 bits per heavy atom. The number of aromatic hydroxyl groups is 1. The van der Waals surface area contributed by atoms with Crippen LogP contribution < -0.4 is 10.2 Å². The number of rotatable bonds is 4. The van der Waals surface area contributed by atoms with Crippen molar-refractivity contribution in [3.05, 3.63) is 58.1 Å². The van der Waals surface area contributed by atoms with E-state index in [0.717, 1.165) is 0 Å². The van der Waals surface area contributed by atoms with Gasteiger partial charge in [-0.3, -0.25) is 4.79 Å². The summed E-state index contributed by atoms with van der Waals surface area (Å²) in [5.41, 5.74) is 3.56. The highest BCUT2D eigenvalue weighted by atomic mass is 79.9. The number of halogens is 1. The van der Waals surface area contributed by atoms with Crippen LogP contribution in [0.3, 0.4) is 0 Å². The molecular formula is C15H13BrN2O3. The molecule has 108 valence electrons. The summed E-state index contributed by atoms with van der Waals surface area (Å²) in [6, 6.07) is 12.0. The van der Waals surface area contributed by atoms with E-state index in [1.807, 2.05) is 6.07 Å². The predicted octanol–water partition coefficient (Wildman–Crippen LogP) is 2.93. The number of hydrazone groups is 1. The van der Waals surface area contributed by atoms with E-state index in [2.05, 4.69) is 26.5 Å². The molecule has 5 nitrogen and oxygen atoms in total. The lowest BCUT2D eigenvalue weighted by Crippen LogP contribution is -2.17. The molecule has 0 aliphatic rings. The van der Waals surface area contributed by atoms with Crippen molar-refractivity contribution >= 4 is 28.1 Å². The fourth-order valence-electron chi connectivity index (χ4n) is 1.70. The van der Waals surface area contributed by atoms with E-state index in [-0.39, 0.29) is 11.7 Å². The van der Waals surface area contributed by atoms with Crippen molar-refractivity contribution in [2.45, 2.75) is 0 Å². The second-order valence-electron chi connectivity index (χ2n) is 4.12. The van der Waals surface area contributed by atoms with Crippen LogP contribution in [0.5, 0.6) is 11.5 Å². The zero-order valence-corrected chi connectivity index (χ0v) is 12.8. The van der Waals surface area contributed by atoms with E-state index in [1.165, 1.54) is 19.4 Å². The highest BCUT2D eigenvalue weighted by Crippen LogP contribution is 2.34. The molecule has 0 aromatic heterocycles. The molecule has 6 heteroatoms. The van der Waals surface area contributed by atoms with Gasteiger partial charge in [-0.05, 0) is 45.8 Å². The fourth-order valence-corrected chi connectivity index (χ4v) is 2.32. The maximum Gasteiger partial charge on any atom is 0.271 e. The number of benzene rings is 2. The zero-order chi connectivity index (χ0) is 15.2. The van der Waals surface area contributed by atoms with Crippen LogP contribution >= 0.6 is 15.9 Å². The van der Waals surface area contributed by atoms with Crippen molar-refractivity contribution in [3.8, 4) is 11.5 Å². The molecule has 0 fully saturated rings.